The molecule has 1 aromatic rings. The van der Waals surface area contributed by atoms with Crippen LogP contribution in [0.2, 0.25) is 5.02 Å². The zero-order valence-electron chi connectivity index (χ0n) is 15.5. The molecule has 8 heteroatoms. The summed E-state index contributed by atoms with van der Waals surface area (Å²) >= 11 is 6.26. The summed E-state index contributed by atoms with van der Waals surface area (Å²) in [5.74, 6) is 1.72. The third kappa shape index (κ3) is 6.50. The highest BCUT2D eigenvalue weighted by molar-refractivity contribution is 14.0. The van der Waals surface area contributed by atoms with E-state index in [1.807, 2.05) is 30.0 Å². The van der Waals surface area contributed by atoms with Gasteiger partial charge in [-0.3, -0.25) is 9.79 Å². The highest BCUT2D eigenvalue weighted by Crippen LogP contribution is 2.22. The predicted octanol–water partition coefficient (Wildman–Crippen LogP) is 2.69. The van der Waals surface area contributed by atoms with Crippen LogP contribution in [0.4, 0.5) is 0 Å². The molecule has 1 unspecified atom stereocenters. The van der Waals surface area contributed by atoms with Crippen LogP contribution in [0.1, 0.15) is 25.3 Å². The van der Waals surface area contributed by atoms with E-state index in [2.05, 4.69) is 15.6 Å². The van der Waals surface area contributed by atoms with Gasteiger partial charge in [0.2, 0.25) is 5.91 Å². The second-order valence-electron chi connectivity index (χ2n) is 6.03. The number of benzene rings is 1. The van der Waals surface area contributed by atoms with Gasteiger partial charge in [-0.05, 0) is 30.5 Å². The molecule has 1 aliphatic rings. The minimum Gasteiger partial charge on any atom is -0.497 e. The van der Waals surface area contributed by atoms with Gasteiger partial charge in [-0.1, -0.05) is 24.6 Å². The minimum absolute atomic E-state index is 0. The number of nitrogens with zero attached hydrogens (tertiary/aromatic N) is 2. The summed E-state index contributed by atoms with van der Waals surface area (Å²) in [7, 11) is 3.38. The van der Waals surface area contributed by atoms with Crippen LogP contribution in [0, 0.1) is 0 Å². The Morgan fingerprint density at radius 1 is 1.46 bits per heavy atom. The van der Waals surface area contributed by atoms with Gasteiger partial charge in [-0.25, -0.2) is 0 Å². The van der Waals surface area contributed by atoms with Crippen LogP contribution in [0.15, 0.2) is 23.2 Å². The normalized spacial score (nSPS) is 16.8. The van der Waals surface area contributed by atoms with Gasteiger partial charge in [-0.2, -0.15) is 0 Å². The standard InChI is InChI=1S/C18H27ClN4O2.HI/c1-4-17(24)23-10-8-14(12-23)22-18(20-2)21-9-7-13-5-6-15(25-3)11-16(13)19;/h5-6,11,14H,4,7-10,12H2,1-3H3,(H2,20,21,22);1H. The molecule has 1 amide bonds. The molecule has 146 valence electrons. The molecule has 1 aromatic carbocycles. The van der Waals surface area contributed by atoms with E-state index in [0.29, 0.717) is 11.4 Å². The first kappa shape index (κ1) is 22.8. The molecule has 1 fully saturated rings. The highest BCUT2D eigenvalue weighted by Gasteiger charge is 2.25. The van der Waals surface area contributed by atoms with Crippen LogP contribution in [0.3, 0.4) is 0 Å². The van der Waals surface area contributed by atoms with Gasteiger partial charge in [0.15, 0.2) is 5.96 Å². The lowest BCUT2D eigenvalue weighted by Gasteiger charge is -2.19. The number of halogens is 2. The Labute approximate surface area is 177 Å². The van der Waals surface area contributed by atoms with Crippen molar-refractivity contribution in [2.45, 2.75) is 32.2 Å². The lowest BCUT2D eigenvalue weighted by molar-refractivity contribution is -0.129. The van der Waals surface area contributed by atoms with Crippen molar-refractivity contribution in [3.8, 4) is 5.75 Å². The molecule has 6 nitrogen and oxygen atoms in total. The zero-order chi connectivity index (χ0) is 18.2. The van der Waals surface area contributed by atoms with Crippen molar-refractivity contribution < 1.29 is 9.53 Å². The molecular formula is C18H28ClIN4O2. The van der Waals surface area contributed by atoms with Gasteiger partial charge >= 0.3 is 0 Å². The van der Waals surface area contributed by atoms with Crippen molar-refractivity contribution >= 4 is 47.4 Å². The SMILES string of the molecule is CCC(=O)N1CCC(NC(=NC)NCCc2ccc(OC)cc2Cl)C1.I. The van der Waals surface area contributed by atoms with E-state index in [0.717, 1.165) is 49.7 Å². The van der Waals surface area contributed by atoms with Crippen molar-refractivity contribution in [2.24, 2.45) is 4.99 Å². The number of carbonyl (C=O) groups excluding carboxylic acids is 1. The second-order valence-corrected chi connectivity index (χ2v) is 6.44. The van der Waals surface area contributed by atoms with Crippen molar-refractivity contribution in [3.05, 3.63) is 28.8 Å². The molecule has 0 bridgehead atoms. The fraction of sp³-hybridized carbons (Fsp3) is 0.556. The number of nitrogens with one attached hydrogen (secondary N) is 2. The van der Waals surface area contributed by atoms with E-state index < -0.39 is 0 Å². The average molecular weight is 495 g/mol. The Hall–Kier alpha value is -1.22. The number of methoxy groups -OCH3 is 1. The fourth-order valence-corrected chi connectivity index (χ4v) is 3.15. The van der Waals surface area contributed by atoms with Gasteiger partial charge in [0.25, 0.3) is 0 Å². The number of hydrogen-bond acceptors (Lipinski definition) is 3. The molecule has 1 saturated heterocycles. The maximum absolute atomic E-state index is 11.8. The van der Waals surface area contributed by atoms with Crippen LogP contribution in [-0.2, 0) is 11.2 Å². The summed E-state index contributed by atoms with van der Waals surface area (Å²) in [5.41, 5.74) is 1.06. The third-order valence-electron chi connectivity index (χ3n) is 4.35. The summed E-state index contributed by atoms with van der Waals surface area (Å²) in [5, 5.41) is 7.39. The maximum atomic E-state index is 11.8. The fourth-order valence-electron chi connectivity index (χ4n) is 2.89. The molecule has 0 spiro atoms. The van der Waals surface area contributed by atoms with Gasteiger partial charge in [0, 0.05) is 44.2 Å². The number of likely N-dealkylation sites (tertiary alicyclic amines) is 1. The Morgan fingerprint density at radius 3 is 2.85 bits per heavy atom. The lowest BCUT2D eigenvalue weighted by Crippen LogP contribution is -2.45. The first-order chi connectivity index (χ1) is 12.1. The molecule has 2 rings (SSSR count). The van der Waals surface area contributed by atoms with E-state index in [9.17, 15) is 4.79 Å². The van der Waals surface area contributed by atoms with E-state index in [-0.39, 0.29) is 35.9 Å². The van der Waals surface area contributed by atoms with Crippen molar-refractivity contribution in [1.82, 2.24) is 15.5 Å². The minimum atomic E-state index is 0. The van der Waals surface area contributed by atoms with Crippen LogP contribution in [0.5, 0.6) is 5.75 Å². The van der Waals surface area contributed by atoms with Gasteiger partial charge < -0.3 is 20.3 Å². The largest absolute Gasteiger partial charge is 0.497 e. The summed E-state index contributed by atoms with van der Waals surface area (Å²) in [4.78, 5) is 17.9. The molecule has 0 saturated carbocycles. The first-order valence-corrected chi connectivity index (χ1v) is 9.02. The highest BCUT2D eigenvalue weighted by atomic mass is 127. The van der Waals surface area contributed by atoms with Crippen LogP contribution >= 0.6 is 35.6 Å². The van der Waals surface area contributed by atoms with Gasteiger partial charge in [-0.15, -0.1) is 24.0 Å². The number of aliphatic imine (C=N–C) groups is 1. The number of ether oxygens (including phenoxy) is 1. The monoisotopic (exact) mass is 494 g/mol. The van der Waals surface area contributed by atoms with E-state index in [4.69, 9.17) is 16.3 Å². The zero-order valence-corrected chi connectivity index (χ0v) is 18.6. The van der Waals surface area contributed by atoms with Crippen molar-refractivity contribution in [2.75, 3.05) is 33.8 Å². The summed E-state index contributed by atoms with van der Waals surface area (Å²) in [6, 6.07) is 5.95. The molecule has 26 heavy (non-hydrogen) atoms. The molecular weight excluding hydrogens is 467 g/mol. The van der Waals surface area contributed by atoms with E-state index in [1.54, 1.807) is 14.2 Å². The maximum Gasteiger partial charge on any atom is 0.222 e. The van der Waals surface area contributed by atoms with Crippen LogP contribution in [0.25, 0.3) is 0 Å². The number of guanidine groups is 1. The molecule has 0 radical (unpaired) electrons. The van der Waals surface area contributed by atoms with Crippen molar-refractivity contribution in [3.63, 3.8) is 0 Å². The molecule has 0 aromatic heterocycles. The van der Waals surface area contributed by atoms with E-state index >= 15 is 0 Å². The average Bonchev–Trinajstić information content (AvgIpc) is 3.09. The summed E-state index contributed by atoms with van der Waals surface area (Å²) in [6.07, 6.45) is 2.29. The molecule has 0 aliphatic carbocycles. The molecule has 1 atom stereocenters. The molecule has 2 N–H and O–H groups in total. The predicted molar refractivity (Wildman–Crippen MR) is 117 cm³/mol. The summed E-state index contributed by atoms with van der Waals surface area (Å²) in [6.45, 7) is 4.16. The first-order valence-electron chi connectivity index (χ1n) is 8.64. The topological polar surface area (TPSA) is 66.0 Å². The number of amides is 1. The lowest BCUT2D eigenvalue weighted by atomic mass is 10.1. The number of hydrogen-bond donors (Lipinski definition) is 2. The number of carbonyl (C=O) groups is 1. The quantitative estimate of drug-likeness (QED) is 0.363. The van der Waals surface area contributed by atoms with Crippen LogP contribution in [-0.4, -0.2) is 56.6 Å². The van der Waals surface area contributed by atoms with Gasteiger partial charge in [0.1, 0.15) is 5.75 Å². The Bertz CT molecular complexity index is 627. The Balaban J connectivity index is 0.00000338. The van der Waals surface area contributed by atoms with Crippen LogP contribution < -0.4 is 15.4 Å². The smallest absolute Gasteiger partial charge is 0.222 e. The van der Waals surface area contributed by atoms with Crippen molar-refractivity contribution in [1.29, 1.82) is 0 Å². The third-order valence-corrected chi connectivity index (χ3v) is 4.71. The summed E-state index contributed by atoms with van der Waals surface area (Å²) < 4.78 is 5.16. The molecule has 1 heterocycles. The molecule has 1 aliphatic heterocycles. The van der Waals surface area contributed by atoms with E-state index in [1.165, 1.54) is 0 Å². The second kappa shape index (κ2) is 11.5. The number of rotatable bonds is 6. The Morgan fingerprint density at radius 2 is 2.23 bits per heavy atom. The van der Waals surface area contributed by atoms with Gasteiger partial charge in [0.05, 0.1) is 7.11 Å². The Kier molecular flexibility index (Phi) is 10.1.